The molecule has 0 radical (unpaired) electrons. The van der Waals surface area contributed by atoms with Gasteiger partial charge in [0.25, 0.3) is 0 Å². The van der Waals surface area contributed by atoms with Crippen molar-refractivity contribution in [2.45, 2.75) is 6.54 Å². The summed E-state index contributed by atoms with van der Waals surface area (Å²) in [4.78, 5) is 0. The van der Waals surface area contributed by atoms with Crippen molar-refractivity contribution in [1.82, 2.24) is 0 Å². The summed E-state index contributed by atoms with van der Waals surface area (Å²) in [5.74, 6) is 0.657. The number of hydrogen-bond donors (Lipinski definition) is 2. The van der Waals surface area contributed by atoms with Crippen molar-refractivity contribution >= 4 is 11.4 Å². The summed E-state index contributed by atoms with van der Waals surface area (Å²) < 4.78 is 5.17. The third-order valence-corrected chi connectivity index (χ3v) is 2.81. The highest BCUT2D eigenvalue weighted by molar-refractivity contribution is 5.61. The Morgan fingerprint density at radius 3 is 2.58 bits per heavy atom. The quantitative estimate of drug-likeness (QED) is 0.822. The molecule has 0 bridgehead atoms. The second-order valence-corrected chi connectivity index (χ2v) is 4.12. The van der Waals surface area contributed by atoms with Crippen LogP contribution in [-0.2, 0) is 6.54 Å². The maximum atomic E-state index is 8.73. The topological polar surface area (TPSA) is 71.1 Å². The van der Waals surface area contributed by atoms with Crippen LogP contribution in [0.4, 0.5) is 11.4 Å². The third kappa shape index (κ3) is 3.17. The lowest BCUT2D eigenvalue weighted by Crippen LogP contribution is -2.00. The number of nitrogen functional groups attached to an aromatic ring is 1. The molecule has 96 valence electrons. The first-order chi connectivity index (χ1) is 9.22. The Bertz CT molecular complexity index is 600. The molecular formula is C15H15N3O. The van der Waals surface area contributed by atoms with Crippen LogP contribution in [0.15, 0.2) is 42.5 Å². The summed E-state index contributed by atoms with van der Waals surface area (Å²) in [6, 6.07) is 15.1. The van der Waals surface area contributed by atoms with Crippen molar-refractivity contribution in [2.75, 3.05) is 18.2 Å². The van der Waals surface area contributed by atoms with Gasteiger partial charge in [0.2, 0.25) is 0 Å². The zero-order chi connectivity index (χ0) is 13.7. The Morgan fingerprint density at radius 1 is 1.21 bits per heavy atom. The van der Waals surface area contributed by atoms with Gasteiger partial charge in [-0.05, 0) is 29.8 Å². The number of methoxy groups -OCH3 is 1. The van der Waals surface area contributed by atoms with E-state index >= 15 is 0 Å². The first-order valence-corrected chi connectivity index (χ1v) is 5.89. The average Bonchev–Trinajstić information content (AvgIpc) is 2.47. The standard InChI is InChI=1S/C15H15N3O/c1-19-15-8-13(6-7-14(15)17)18-10-12-4-2-11(9-16)3-5-12/h2-8,18H,10,17H2,1H3. The summed E-state index contributed by atoms with van der Waals surface area (Å²) in [5.41, 5.74) is 9.08. The van der Waals surface area contributed by atoms with Crippen molar-refractivity contribution in [3.05, 3.63) is 53.6 Å². The van der Waals surface area contributed by atoms with E-state index in [1.54, 1.807) is 25.3 Å². The van der Waals surface area contributed by atoms with E-state index < -0.39 is 0 Å². The predicted molar refractivity (Wildman–Crippen MR) is 75.9 cm³/mol. The van der Waals surface area contributed by atoms with Crippen molar-refractivity contribution in [3.8, 4) is 11.8 Å². The fourth-order valence-electron chi connectivity index (χ4n) is 1.72. The zero-order valence-electron chi connectivity index (χ0n) is 10.7. The highest BCUT2D eigenvalue weighted by atomic mass is 16.5. The van der Waals surface area contributed by atoms with Gasteiger partial charge in [-0.2, -0.15) is 5.26 Å². The van der Waals surface area contributed by atoms with Crippen LogP contribution in [0.25, 0.3) is 0 Å². The number of benzene rings is 2. The smallest absolute Gasteiger partial charge is 0.143 e. The Morgan fingerprint density at radius 2 is 1.95 bits per heavy atom. The van der Waals surface area contributed by atoms with Crippen LogP contribution in [0.2, 0.25) is 0 Å². The predicted octanol–water partition coefficient (Wildman–Crippen LogP) is 2.76. The maximum Gasteiger partial charge on any atom is 0.143 e. The fourth-order valence-corrected chi connectivity index (χ4v) is 1.72. The zero-order valence-corrected chi connectivity index (χ0v) is 10.7. The molecule has 4 heteroatoms. The van der Waals surface area contributed by atoms with E-state index in [1.165, 1.54) is 0 Å². The summed E-state index contributed by atoms with van der Waals surface area (Å²) in [6.45, 7) is 0.679. The molecule has 0 heterocycles. The molecule has 0 aliphatic heterocycles. The van der Waals surface area contributed by atoms with E-state index in [9.17, 15) is 0 Å². The van der Waals surface area contributed by atoms with E-state index in [4.69, 9.17) is 15.7 Å². The Kier molecular flexibility index (Phi) is 3.89. The van der Waals surface area contributed by atoms with Crippen LogP contribution >= 0.6 is 0 Å². The van der Waals surface area contributed by atoms with Crippen molar-refractivity contribution in [2.24, 2.45) is 0 Å². The van der Waals surface area contributed by atoms with Gasteiger partial charge in [-0.1, -0.05) is 12.1 Å². The Labute approximate surface area is 112 Å². The van der Waals surface area contributed by atoms with Crippen molar-refractivity contribution in [3.63, 3.8) is 0 Å². The molecular weight excluding hydrogens is 238 g/mol. The second-order valence-electron chi connectivity index (χ2n) is 4.12. The van der Waals surface area contributed by atoms with Crippen molar-refractivity contribution in [1.29, 1.82) is 5.26 Å². The van der Waals surface area contributed by atoms with E-state index in [-0.39, 0.29) is 0 Å². The molecule has 0 saturated carbocycles. The minimum absolute atomic E-state index is 0.617. The average molecular weight is 253 g/mol. The van der Waals surface area contributed by atoms with Gasteiger partial charge in [-0.3, -0.25) is 0 Å². The number of nitrogens with zero attached hydrogens (tertiary/aromatic N) is 1. The van der Waals surface area contributed by atoms with Gasteiger partial charge >= 0.3 is 0 Å². The molecule has 4 nitrogen and oxygen atoms in total. The molecule has 0 aliphatic rings. The maximum absolute atomic E-state index is 8.73. The van der Waals surface area contributed by atoms with Gasteiger partial charge in [-0.25, -0.2) is 0 Å². The number of anilines is 2. The SMILES string of the molecule is COc1cc(NCc2ccc(C#N)cc2)ccc1N. The highest BCUT2D eigenvalue weighted by Gasteiger charge is 2.01. The van der Waals surface area contributed by atoms with Gasteiger partial charge in [0, 0.05) is 18.3 Å². The summed E-state index contributed by atoms with van der Waals surface area (Å²) in [7, 11) is 1.59. The van der Waals surface area contributed by atoms with Gasteiger partial charge in [-0.15, -0.1) is 0 Å². The fraction of sp³-hybridized carbons (Fsp3) is 0.133. The normalized spacial score (nSPS) is 9.68. The molecule has 19 heavy (non-hydrogen) atoms. The van der Waals surface area contributed by atoms with Gasteiger partial charge in [0.05, 0.1) is 24.4 Å². The van der Waals surface area contributed by atoms with Crippen LogP contribution in [0.5, 0.6) is 5.75 Å². The molecule has 0 aromatic heterocycles. The van der Waals surface area contributed by atoms with Gasteiger partial charge in [0.15, 0.2) is 0 Å². The molecule has 3 N–H and O–H groups in total. The van der Waals surface area contributed by atoms with E-state index in [2.05, 4.69) is 11.4 Å². The number of ether oxygens (including phenoxy) is 1. The van der Waals surface area contributed by atoms with Crippen molar-refractivity contribution < 1.29 is 4.74 Å². The number of nitrogens with two attached hydrogens (primary N) is 1. The molecule has 0 fully saturated rings. The largest absolute Gasteiger partial charge is 0.495 e. The molecule has 0 aliphatic carbocycles. The molecule has 0 spiro atoms. The third-order valence-electron chi connectivity index (χ3n) is 2.81. The molecule has 2 rings (SSSR count). The number of nitrogens with one attached hydrogen (secondary N) is 1. The first-order valence-electron chi connectivity index (χ1n) is 5.89. The number of hydrogen-bond acceptors (Lipinski definition) is 4. The molecule has 2 aromatic rings. The molecule has 0 saturated heterocycles. The van der Waals surface area contributed by atoms with Crippen LogP contribution in [0.3, 0.4) is 0 Å². The summed E-state index contributed by atoms with van der Waals surface area (Å²) in [5, 5.41) is 12.0. The minimum Gasteiger partial charge on any atom is -0.495 e. The van der Waals surface area contributed by atoms with Gasteiger partial charge < -0.3 is 15.8 Å². The van der Waals surface area contributed by atoms with Gasteiger partial charge in [0.1, 0.15) is 5.75 Å². The lowest BCUT2D eigenvalue weighted by Gasteiger charge is -2.10. The van der Waals surface area contributed by atoms with E-state index in [0.717, 1.165) is 11.3 Å². The van der Waals surface area contributed by atoms with Crippen LogP contribution < -0.4 is 15.8 Å². The second kappa shape index (κ2) is 5.78. The van der Waals surface area contributed by atoms with E-state index in [1.807, 2.05) is 24.3 Å². The summed E-state index contributed by atoms with van der Waals surface area (Å²) >= 11 is 0. The monoisotopic (exact) mass is 253 g/mol. The molecule has 0 amide bonds. The minimum atomic E-state index is 0.617. The first kappa shape index (κ1) is 12.8. The van der Waals surface area contributed by atoms with Crippen LogP contribution in [0, 0.1) is 11.3 Å². The van der Waals surface area contributed by atoms with Crippen LogP contribution in [-0.4, -0.2) is 7.11 Å². The lowest BCUT2D eigenvalue weighted by atomic mass is 10.1. The molecule has 0 atom stereocenters. The molecule has 0 unspecified atom stereocenters. The van der Waals surface area contributed by atoms with E-state index in [0.29, 0.717) is 23.5 Å². The number of nitriles is 1. The lowest BCUT2D eigenvalue weighted by molar-refractivity contribution is 0.417. The summed E-state index contributed by atoms with van der Waals surface area (Å²) in [6.07, 6.45) is 0. The number of rotatable bonds is 4. The highest BCUT2D eigenvalue weighted by Crippen LogP contribution is 2.25. The molecule has 2 aromatic carbocycles. The Hall–Kier alpha value is -2.67. The Balaban J connectivity index is 2.03. The van der Waals surface area contributed by atoms with Crippen LogP contribution in [0.1, 0.15) is 11.1 Å².